The minimum absolute atomic E-state index is 0.700. The van der Waals surface area contributed by atoms with Gasteiger partial charge in [-0.05, 0) is 38.5 Å². The van der Waals surface area contributed by atoms with Gasteiger partial charge in [-0.15, -0.1) is 0 Å². The molecule has 1 aromatic heterocycles. The van der Waals surface area contributed by atoms with Crippen LogP contribution in [0.3, 0.4) is 0 Å². The fourth-order valence-corrected chi connectivity index (χ4v) is 2.94. The summed E-state index contributed by atoms with van der Waals surface area (Å²) in [4.78, 5) is 18.6. The standard InChI is InChI=1S/C12H16N2OS/c1-8-11(7-15)16-12(13-8)14(10-4-5-10)6-9-2-3-9/h7,9-10H,2-6H2,1H3. The number of hydrogen-bond donors (Lipinski definition) is 0. The van der Waals surface area contributed by atoms with Crippen LogP contribution in [0, 0.1) is 12.8 Å². The number of nitrogens with zero attached hydrogens (tertiary/aromatic N) is 2. The van der Waals surface area contributed by atoms with Crippen LogP contribution in [0.4, 0.5) is 5.13 Å². The van der Waals surface area contributed by atoms with Crippen LogP contribution in [0.2, 0.25) is 0 Å². The molecule has 0 amide bonds. The maximum Gasteiger partial charge on any atom is 0.186 e. The number of carbonyl (C=O) groups excluding carboxylic acids is 1. The summed E-state index contributed by atoms with van der Waals surface area (Å²) in [5.74, 6) is 0.879. The van der Waals surface area contributed by atoms with Gasteiger partial charge in [-0.3, -0.25) is 4.79 Å². The van der Waals surface area contributed by atoms with Crippen LogP contribution >= 0.6 is 11.3 Å². The van der Waals surface area contributed by atoms with Crippen molar-refractivity contribution in [3.8, 4) is 0 Å². The Labute approximate surface area is 99.5 Å². The molecule has 1 aromatic rings. The Kier molecular flexibility index (Phi) is 2.46. The highest BCUT2D eigenvalue weighted by molar-refractivity contribution is 7.17. The average Bonchev–Trinajstić information content (AvgIpc) is 3.13. The number of carbonyl (C=O) groups is 1. The topological polar surface area (TPSA) is 33.2 Å². The Balaban J connectivity index is 1.82. The molecule has 0 N–H and O–H groups in total. The number of hydrogen-bond acceptors (Lipinski definition) is 4. The van der Waals surface area contributed by atoms with Crippen molar-refractivity contribution in [2.45, 2.75) is 38.6 Å². The summed E-state index contributed by atoms with van der Waals surface area (Å²) in [5.41, 5.74) is 0.886. The normalized spacial score (nSPS) is 19.8. The zero-order chi connectivity index (χ0) is 11.1. The fraction of sp³-hybridized carbons (Fsp3) is 0.667. The second kappa shape index (κ2) is 3.84. The smallest absolute Gasteiger partial charge is 0.186 e. The minimum Gasteiger partial charge on any atom is -0.345 e. The second-order valence-electron chi connectivity index (χ2n) is 4.89. The van der Waals surface area contributed by atoms with Crippen molar-refractivity contribution in [2.75, 3.05) is 11.4 Å². The number of aldehydes is 1. The molecule has 2 saturated carbocycles. The van der Waals surface area contributed by atoms with Gasteiger partial charge in [0.15, 0.2) is 11.4 Å². The summed E-state index contributed by atoms with van der Waals surface area (Å²) in [6, 6.07) is 0.700. The van der Waals surface area contributed by atoms with Gasteiger partial charge in [0.1, 0.15) is 0 Å². The predicted octanol–water partition coefficient (Wildman–Crippen LogP) is 2.64. The zero-order valence-corrected chi connectivity index (χ0v) is 10.3. The summed E-state index contributed by atoms with van der Waals surface area (Å²) in [5, 5.41) is 1.06. The number of rotatable bonds is 5. The third-order valence-corrected chi connectivity index (χ3v) is 4.43. The van der Waals surface area contributed by atoms with Gasteiger partial charge in [0.25, 0.3) is 0 Å². The van der Waals surface area contributed by atoms with E-state index in [2.05, 4.69) is 9.88 Å². The van der Waals surface area contributed by atoms with Crippen LogP contribution in [0.5, 0.6) is 0 Å². The molecule has 2 aliphatic rings. The third kappa shape index (κ3) is 1.98. The van der Waals surface area contributed by atoms with Gasteiger partial charge in [-0.2, -0.15) is 0 Å². The lowest BCUT2D eigenvalue weighted by molar-refractivity contribution is 0.112. The van der Waals surface area contributed by atoms with E-state index in [0.29, 0.717) is 6.04 Å². The van der Waals surface area contributed by atoms with Crippen molar-refractivity contribution in [1.29, 1.82) is 0 Å². The predicted molar refractivity (Wildman–Crippen MR) is 65.3 cm³/mol. The summed E-state index contributed by atoms with van der Waals surface area (Å²) >= 11 is 1.55. The molecule has 0 radical (unpaired) electrons. The van der Waals surface area contributed by atoms with Crippen LogP contribution in [0.15, 0.2) is 0 Å². The molecule has 0 saturated heterocycles. The largest absolute Gasteiger partial charge is 0.345 e. The summed E-state index contributed by atoms with van der Waals surface area (Å²) in [6.07, 6.45) is 6.25. The van der Waals surface area contributed by atoms with Crippen LogP contribution in [-0.2, 0) is 0 Å². The van der Waals surface area contributed by atoms with E-state index in [-0.39, 0.29) is 0 Å². The van der Waals surface area contributed by atoms with E-state index < -0.39 is 0 Å². The van der Waals surface area contributed by atoms with Crippen LogP contribution in [0.1, 0.15) is 41.0 Å². The summed E-state index contributed by atoms with van der Waals surface area (Å²) < 4.78 is 0. The van der Waals surface area contributed by atoms with Gasteiger partial charge in [-0.1, -0.05) is 11.3 Å². The lowest BCUT2D eigenvalue weighted by Crippen LogP contribution is -2.27. The van der Waals surface area contributed by atoms with Gasteiger partial charge in [0.2, 0.25) is 0 Å². The van der Waals surface area contributed by atoms with Crippen molar-refractivity contribution in [2.24, 2.45) is 5.92 Å². The second-order valence-corrected chi connectivity index (χ2v) is 5.90. The monoisotopic (exact) mass is 236 g/mol. The molecule has 86 valence electrons. The molecule has 1 heterocycles. The van der Waals surface area contributed by atoms with E-state index >= 15 is 0 Å². The highest BCUT2D eigenvalue weighted by Crippen LogP contribution is 2.39. The highest BCUT2D eigenvalue weighted by Gasteiger charge is 2.35. The average molecular weight is 236 g/mol. The van der Waals surface area contributed by atoms with Crippen LogP contribution in [0.25, 0.3) is 0 Å². The van der Waals surface area contributed by atoms with Crippen LogP contribution < -0.4 is 4.90 Å². The van der Waals surface area contributed by atoms with Gasteiger partial charge >= 0.3 is 0 Å². The summed E-state index contributed by atoms with van der Waals surface area (Å²) in [6.45, 7) is 3.07. The molecule has 3 rings (SSSR count). The van der Waals surface area contributed by atoms with E-state index in [1.54, 1.807) is 11.3 Å². The van der Waals surface area contributed by atoms with E-state index in [0.717, 1.165) is 34.5 Å². The Hall–Kier alpha value is -0.900. The molecule has 3 nitrogen and oxygen atoms in total. The fourth-order valence-electron chi connectivity index (χ4n) is 1.97. The van der Waals surface area contributed by atoms with Crippen molar-refractivity contribution in [1.82, 2.24) is 4.98 Å². The molecule has 4 heteroatoms. The lowest BCUT2D eigenvalue weighted by Gasteiger charge is -2.20. The SMILES string of the molecule is Cc1nc(N(CC2CC2)C2CC2)sc1C=O. The molecule has 0 spiro atoms. The number of anilines is 1. The first-order chi connectivity index (χ1) is 7.78. The quantitative estimate of drug-likeness (QED) is 0.737. The van der Waals surface area contributed by atoms with E-state index in [1.165, 1.54) is 25.7 Å². The molecule has 0 atom stereocenters. The Morgan fingerprint density at radius 1 is 1.44 bits per heavy atom. The summed E-state index contributed by atoms with van der Waals surface area (Å²) in [7, 11) is 0. The van der Waals surface area contributed by atoms with Crippen LogP contribution in [-0.4, -0.2) is 23.9 Å². The van der Waals surface area contributed by atoms with Crippen molar-refractivity contribution >= 4 is 22.8 Å². The first-order valence-corrected chi connectivity index (χ1v) is 6.79. The van der Waals surface area contributed by atoms with E-state index in [9.17, 15) is 4.79 Å². The number of aryl methyl sites for hydroxylation is 1. The number of thiazole rings is 1. The number of aromatic nitrogens is 1. The van der Waals surface area contributed by atoms with E-state index in [4.69, 9.17) is 0 Å². The highest BCUT2D eigenvalue weighted by atomic mass is 32.1. The first kappa shape index (κ1) is 10.3. The molecule has 2 fully saturated rings. The molecule has 0 bridgehead atoms. The van der Waals surface area contributed by atoms with E-state index in [1.807, 2.05) is 6.92 Å². The maximum atomic E-state index is 10.8. The Bertz CT molecular complexity index is 407. The first-order valence-electron chi connectivity index (χ1n) is 5.97. The van der Waals surface area contributed by atoms with Gasteiger partial charge < -0.3 is 4.90 Å². The molecule has 0 aromatic carbocycles. The van der Waals surface area contributed by atoms with Crippen molar-refractivity contribution < 1.29 is 4.79 Å². The molecule has 0 unspecified atom stereocenters. The van der Waals surface area contributed by atoms with Gasteiger partial charge in [0, 0.05) is 12.6 Å². The van der Waals surface area contributed by atoms with Gasteiger partial charge in [0.05, 0.1) is 10.6 Å². The van der Waals surface area contributed by atoms with Crippen molar-refractivity contribution in [3.05, 3.63) is 10.6 Å². The zero-order valence-electron chi connectivity index (χ0n) is 9.48. The van der Waals surface area contributed by atoms with Gasteiger partial charge in [-0.25, -0.2) is 4.98 Å². The molecular weight excluding hydrogens is 220 g/mol. The maximum absolute atomic E-state index is 10.8. The van der Waals surface area contributed by atoms with Crippen molar-refractivity contribution in [3.63, 3.8) is 0 Å². The molecule has 0 aliphatic heterocycles. The Morgan fingerprint density at radius 3 is 2.69 bits per heavy atom. The molecule has 2 aliphatic carbocycles. The Morgan fingerprint density at radius 2 is 2.19 bits per heavy atom. The molecule has 16 heavy (non-hydrogen) atoms. The lowest BCUT2D eigenvalue weighted by atomic mass is 10.4. The minimum atomic E-state index is 0.700. The molecular formula is C12H16N2OS. The third-order valence-electron chi connectivity index (χ3n) is 3.31.